The minimum atomic E-state index is -0.484. The minimum Gasteiger partial charge on any atom is -0.442 e. The van der Waals surface area contributed by atoms with E-state index in [1.165, 1.54) is 19.3 Å². The van der Waals surface area contributed by atoms with Crippen LogP contribution in [-0.2, 0) is 21.1 Å². The monoisotopic (exact) mass is 410 g/mol. The number of carbonyl (C=O) groups excluding carboxylic acids is 2. The number of hydrogen-bond donors (Lipinski definition) is 1. The topological polar surface area (TPSA) is 103 Å². The van der Waals surface area contributed by atoms with Crippen molar-refractivity contribution in [3.05, 3.63) is 34.6 Å². The second-order valence-corrected chi connectivity index (χ2v) is 9.26. The molecular formula is C22H26N4O4. The molecular weight excluding hydrogens is 384 g/mol. The molecule has 0 saturated heterocycles. The third-order valence-corrected chi connectivity index (χ3v) is 7.11. The van der Waals surface area contributed by atoms with Crippen molar-refractivity contribution in [3.63, 3.8) is 0 Å². The Bertz CT molecular complexity index is 1010. The first-order valence-electron chi connectivity index (χ1n) is 10.8. The van der Waals surface area contributed by atoms with Crippen LogP contribution in [0.5, 0.6) is 0 Å². The van der Waals surface area contributed by atoms with Gasteiger partial charge in [0.25, 0.3) is 5.56 Å². The number of amides is 1. The van der Waals surface area contributed by atoms with Crippen LogP contribution in [0.4, 0.5) is 0 Å². The minimum absolute atomic E-state index is 0.0634. The number of nitrogens with one attached hydrogen (secondary N) is 1. The zero-order chi connectivity index (χ0) is 20.7. The molecule has 0 aliphatic heterocycles. The van der Waals surface area contributed by atoms with Crippen LogP contribution in [0.1, 0.15) is 44.9 Å². The predicted octanol–water partition coefficient (Wildman–Crippen LogP) is 2.01. The molecule has 8 heteroatoms. The molecule has 1 heterocycles. The Labute approximate surface area is 174 Å². The number of fused-ring (bicyclic) bond motifs is 1. The van der Waals surface area contributed by atoms with Crippen molar-refractivity contribution in [3.8, 4) is 0 Å². The smallest absolute Gasteiger partial charge is 0.309 e. The van der Waals surface area contributed by atoms with Crippen LogP contribution in [-0.4, -0.2) is 33.4 Å². The highest BCUT2D eigenvalue weighted by Gasteiger charge is 2.54. The van der Waals surface area contributed by atoms with E-state index in [9.17, 15) is 14.4 Å². The maximum atomic E-state index is 12.9. The van der Waals surface area contributed by atoms with Gasteiger partial charge in [-0.3, -0.25) is 14.4 Å². The van der Waals surface area contributed by atoms with Gasteiger partial charge in [0, 0.05) is 12.0 Å². The third kappa shape index (κ3) is 3.48. The van der Waals surface area contributed by atoms with Crippen LogP contribution in [0.25, 0.3) is 10.9 Å². The number of nitrogens with zero attached hydrogens (tertiary/aromatic N) is 3. The highest BCUT2D eigenvalue weighted by atomic mass is 16.5. The van der Waals surface area contributed by atoms with E-state index in [1.807, 2.05) is 0 Å². The van der Waals surface area contributed by atoms with E-state index in [1.54, 1.807) is 24.3 Å². The van der Waals surface area contributed by atoms with E-state index >= 15 is 0 Å². The lowest BCUT2D eigenvalue weighted by Crippen LogP contribution is -2.53. The van der Waals surface area contributed by atoms with Crippen molar-refractivity contribution in [1.29, 1.82) is 0 Å². The molecule has 4 aliphatic rings. The van der Waals surface area contributed by atoms with Gasteiger partial charge in [0.2, 0.25) is 5.91 Å². The molecule has 1 aromatic heterocycles. The number of benzene rings is 1. The molecule has 30 heavy (non-hydrogen) atoms. The van der Waals surface area contributed by atoms with E-state index in [0.717, 1.165) is 23.9 Å². The van der Waals surface area contributed by atoms with Crippen LogP contribution in [0.3, 0.4) is 0 Å². The van der Waals surface area contributed by atoms with Gasteiger partial charge < -0.3 is 10.1 Å². The summed E-state index contributed by atoms with van der Waals surface area (Å²) in [5, 5.41) is 11.2. The third-order valence-electron chi connectivity index (χ3n) is 7.11. The lowest BCUT2D eigenvalue weighted by Gasteiger charge is -2.55. The Hall–Kier alpha value is -2.77. The maximum Gasteiger partial charge on any atom is 0.309 e. The first-order valence-corrected chi connectivity index (χ1v) is 10.8. The quantitative estimate of drug-likeness (QED) is 0.731. The number of aromatic nitrogens is 3. The Balaban J connectivity index is 1.12. The predicted molar refractivity (Wildman–Crippen MR) is 108 cm³/mol. The van der Waals surface area contributed by atoms with Crippen molar-refractivity contribution in [2.45, 2.75) is 51.7 Å². The summed E-state index contributed by atoms with van der Waals surface area (Å²) in [6.07, 6.45) is 6.92. The van der Waals surface area contributed by atoms with E-state index < -0.39 is 5.97 Å². The first kappa shape index (κ1) is 19.2. The molecule has 0 radical (unpaired) electrons. The molecule has 1 aromatic carbocycles. The second kappa shape index (κ2) is 7.49. The lowest BCUT2D eigenvalue weighted by atomic mass is 9.49. The van der Waals surface area contributed by atoms with Crippen LogP contribution in [0, 0.1) is 23.2 Å². The fourth-order valence-electron chi connectivity index (χ4n) is 6.17. The Morgan fingerprint density at radius 3 is 2.47 bits per heavy atom. The molecule has 2 aromatic rings. The summed E-state index contributed by atoms with van der Waals surface area (Å²) in [7, 11) is 0. The number of hydrogen-bond acceptors (Lipinski definition) is 6. The molecule has 4 saturated carbocycles. The van der Waals surface area contributed by atoms with E-state index in [0.29, 0.717) is 28.7 Å². The molecule has 6 rings (SSSR count). The fraction of sp³-hybridized carbons (Fsp3) is 0.591. The molecule has 0 atom stereocenters. The summed E-state index contributed by atoms with van der Waals surface area (Å²) in [5.41, 5.74) is -0.0758. The maximum absolute atomic E-state index is 12.9. The number of ether oxygens (including phenoxy) is 1. The summed E-state index contributed by atoms with van der Waals surface area (Å²) in [4.78, 5) is 37.3. The van der Waals surface area contributed by atoms with E-state index in [2.05, 4.69) is 15.6 Å². The van der Waals surface area contributed by atoms with Gasteiger partial charge in [0.15, 0.2) is 6.73 Å². The van der Waals surface area contributed by atoms with Crippen molar-refractivity contribution >= 4 is 22.8 Å². The molecule has 1 amide bonds. The van der Waals surface area contributed by atoms with Crippen LogP contribution >= 0.6 is 0 Å². The Morgan fingerprint density at radius 2 is 1.77 bits per heavy atom. The molecule has 1 N–H and O–H groups in total. The summed E-state index contributed by atoms with van der Waals surface area (Å²) in [5.74, 6) is 1.73. The zero-order valence-corrected chi connectivity index (χ0v) is 16.9. The van der Waals surface area contributed by atoms with Crippen molar-refractivity contribution in [2.75, 3.05) is 6.54 Å². The van der Waals surface area contributed by atoms with Crippen LogP contribution in [0.15, 0.2) is 29.1 Å². The molecule has 4 fully saturated rings. The van der Waals surface area contributed by atoms with Crippen LogP contribution < -0.4 is 10.9 Å². The van der Waals surface area contributed by atoms with Gasteiger partial charge in [-0.05, 0) is 68.4 Å². The highest BCUT2D eigenvalue weighted by Crippen LogP contribution is 2.60. The van der Waals surface area contributed by atoms with E-state index in [4.69, 9.17) is 4.74 Å². The molecule has 0 spiro atoms. The lowest BCUT2D eigenvalue weighted by molar-refractivity contribution is -0.149. The second-order valence-electron chi connectivity index (χ2n) is 9.26. The number of rotatable bonds is 6. The number of carbonyl (C=O) groups is 2. The summed E-state index contributed by atoms with van der Waals surface area (Å²) >= 11 is 0. The molecule has 4 aliphatic carbocycles. The molecule has 4 bridgehead atoms. The van der Waals surface area contributed by atoms with Gasteiger partial charge in [-0.25, -0.2) is 0 Å². The summed E-state index contributed by atoms with van der Waals surface area (Å²) in [6, 6.07) is 6.88. The highest BCUT2D eigenvalue weighted by molar-refractivity contribution is 5.83. The average Bonchev–Trinajstić information content (AvgIpc) is 2.72. The number of esters is 1. The Kier molecular flexibility index (Phi) is 4.79. The van der Waals surface area contributed by atoms with Gasteiger partial charge in [-0.2, -0.15) is 4.68 Å². The summed E-state index contributed by atoms with van der Waals surface area (Å²) < 4.78 is 6.18. The fourth-order valence-corrected chi connectivity index (χ4v) is 6.17. The molecule has 158 valence electrons. The van der Waals surface area contributed by atoms with Crippen molar-refractivity contribution < 1.29 is 14.3 Å². The summed E-state index contributed by atoms with van der Waals surface area (Å²) in [6.45, 7) is -0.0455. The van der Waals surface area contributed by atoms with Gasteiger partial charge in [-0.1, -0.05) is 17.3 Å². The first-order chi connectivity index (χ1) is 14.5. The average molecular weight is 410 g/mol. The van der Waals surface area contributed by atoms with Crippen molar-refractivity contribution in [2.24, 2.45) is 23.2 Å². The van der Waals surface area contributed by atoms with Gasteiger partial charge in [-0.15, -0.1) is 5.10 Å². The normalized spacial score (nSPS) is 29.1. The van der Waals surface area contributed by atoms with Gasteiger partial charge in [0.05, 0.1) is 11.8 Å². The standard InChI is InChI=1S/C22H26N4O4/c27-19(30-13-26-20(28)17-3-1-2-4-18(17)24-25-26)5-6-23-21(29)22-10-14-7-15(11-22)9-16(8-14)12-22/h1-4,14-16H,5-13H2,(H,23,29). The van der Waals surface area contributed by atoms with E-state index in [-0.39, 0.29) is 36.6 Å². The van der Waals surface area contributed by atoms with Gasteiger partial charge in [0.1, 0.15) is 5.52 Å². The van der Waals surface area contributed by atoms with Crippen molar-refractivity contribution in [1.82, 2.24) is 20.3 Å². The molecule has 0 unspecified atom stereocenters. The zero-order valence-electron chi connectivity index (χ0n) is 16.9. The van der Waals surface area contributed by atoms with Crippen LogP contribution in [0.2, 0.25) is 0 Å². The SMILES string of the molecule is O=C(CCNC(=O)C12CC3CC(CC(C3)C1)C2)OCn1nnc2ccccc2c1=O. The largest absolute Gasteiger partial charge is 0.442 e. The molecule has 8 nitrogen and oxygen atoms in total. The Morgan fingerprint density at radius 1 is 1.10 bits per heavy atom. The van der Waals surface area contributed by atoms with Gasteiger partial charge >= 0.3 is 5.97 Å².